The van der Waals surface area contributed by atoms with Gasteiger partial charge in [0, 0.05) is 24.2 Å². The highest BCUT2D eigenvalue weighted by molar-refractivity contribution is 9.10. The normalized spacial score (nSPS) is 17.9. The highest BCUT2D eigenvalue weighted by atomic mass is 79.9. The van der Waals surface area contributed by atoms with Crippen molar-refractivity contribution < 1.29 is 13.2 Å². The lowest BCUT2D eigenvalue weighted by Gasteiger charge is -2.27. The molecule has 0 aliphatic heterocycles. The first-order chi connectivity index (χ1) is 8.98. The van der Waals surface area contributed by atoms with E-state index in [0.29, 0.717) is 27.8 Å². The van der Waals surface area contributed by atoms with Crippen molar-refractivity contribution >= 4 is 37.3 Å². The Bertz CT molecular complexity index is 525. The summed E-state index contributed by atoms with van der Waals surface area (Å²) in [6, 6.07) is 1.81. The summed E-state index contributed by atoms with van der Waals surface area (Å²) in [6.45, 7) is 2.81. The van der Waals surface area contributed by atoms with E-state index >= 15 is 0 Å². The first kappa shape index (κ1) is 15.4. The van der Waals surface area contributed by atoms with Crippen molar-refractivity contribution in [2.24, 2.45) is 5.92 Å². The van der Waals surface area contributed by atoms with Gasteiger partial charge in [-0.2, -0.15) is 4.31 Å². The summed E-state index contributed by atoms with van der Waals surface area (Å²) in [5.74, 6) is 0.491. The number of thiophene rings is 1. The zero-order valence-corrected chi connectivity index (χ0v) is 14.2. The van der Waals surface area contributed by atoms with Crippen LogP contribution in [0.5, 0.6) is 0 Å². The third-order valence-electron chi connectivity index (χ3n) is 3.40. The van der Waals surface area contributed by atoms with Crippen molar-refractivity contribution in [2.75, 3.05) is 20.3 Å². The van der Waals surface area contributed by atoms with E-state index in [4.69, 9.17) is 4.74 Å². The molecule has 4 nitrogen and oxygen atoms in total. The molecule has 0 amide bonds. The summed E-state index contributed by atoms with van der Waals surface area (Å²) in [5.41, 5.74) is 0. The Kier molecular flexibility index (Phi) is 5.05. The zero-order valence-electron chi connectivity index (χ0n) is 11.0. The average molecular weight is 368 g/mol. The highest BCUT2D eigenvalue weighted by Crippen LogP contribution is 2.38. The molecule has 7 heteroatoms. The monoisotopic (exact) mass is 367 g/mol. The lowest BCUT2D eigenvalue weighted by Crippen LogP contribution is -2.41. The summed E-state index contributed by atoms with van der Waals surface area (Å²) >= 11 is 4.56. The van der Waals surface area contributed by atoms with Crippen LogP contribution >= 0.6 is 27.3 Å². The lowest BCUT2D eigenvalue weighted by molar-refractivity contribution is 0.164. The summed E-state index contributed by atoms with van der Waals surface area (Å²) in [5, 5.41) is 1.78. The van der Waals surface area contributed by atoms with Gasteiger partial charge in [-0.15, -0.1) is 11.3 Å². The topological polar surface area (TPSA) is 46.6 Å². The van der Waals surface area contributed by atoms with Crippen LogP contribution in [0.15, 0.2) is 20.1 Å². The Labute approximate surface area is 126 Å². The maximum absolute atomic E-state index is 12.7. The molecular formula is C12H18BrNO3S2. The van der Waals surface area contributed by atoms with Crippen molar-refractivity contribution in [2.45, 2.75) is 30.0 Å². The molecule has 0 aromatic carbocycles. The van der Waals surface area contributed by atoms with Crippen molar-refractivity contribution in [3.05, 3.63) is 15.9 Å². The van der Waals surface area contributed by atoms with Crippen LogP contribution in [-0.4, -0.2) is 39.0 Å². The van der Waals surface area contributed by atoms with Gasteiger partial charge in [0.2, 0.25) is 0 Å². The highest BCUT2D eigenvalue weighted by Gasteiger charge is 2.39. The van der Waals surface area contributed by atoms with Crippen LogP contribution in [0.25, 0.3) is 0 Å². The fourth-order valence-electron chi connectivity index (χ4n) is 2.11. The lowest BCUT2D eigenvalue weighted by atomic mass is 10.2. The number of hydrogen-bond acceptors (Lipinski definition) is 4. The van der Waals surface area contributed by atoms with E-state index in [2.05, 4.69) is 15.9 Å². The molecular weight excluding hydrogens is 350 g/mol. The molecule has 108 valence electrons. The third kappa shape index (κ3) is 3.39. The molecule has 1 aromatic heterocycles. The van der Waals surface area contributed by atoms with Gasteiger partial charge in [-0.25, -0.2) is 8.42 Å². The summed E-state index contributed by atoms with van der Waals surface area (Å²) in [4.78, 5) is 0. The first-order valence-electron chi connectivity index (χ1n) is 6.22. The molecule has 1 heterocycles. The van der Waals surface area contributed by atoms with Crippen LogP contribution in [0, 0.1) is 5.92 Å². The van der Waals surface area contributed by atoms with Crippen LogP contribution < -0.4 is 0 Å². The van der Waals surface area contributed by atoms with Gasteiger partial charge in [-0.05, 0) is 53.1 Å². The molecule has 1 aliphatic rings. The molecule has 1 atom stereocenters. The van der Waals surface area contributed by atoms with Crippen LogP contribution in [0.2, 0.25) is 0 Å². The quantitative estimate of drug-likeness (QED) is 0.744. The second-order valence-electron chi connectivity index (χ2n) is 4.74. The van der Waals surface area contributed by atoms with E-state index in [0.717, 1.165) is 12.8 Å². The van der Waals surface area contributed by atoms with Gasteiger partial charge in [0.05, 0.1) is 6.61 Å². The molecule has 0 bridgehead atoms. The second-order valence-corrected chi connectivity index (χ2v) is 8.60. The van der Waals surface area contributed by atoms with Crippen LogP contribution in [-0.2, 0) is 14.8 Å². The van der Waals surface area contributed by atoms with Crippen molar-refractivity contribution in [3.8, 4) is 0 Å². The van der Waals surface area contributed by atoms with Gasteiger partial charge in [0.25, 0.3) is 10.0 Å². The van der Waals surface area contributed by atoms with Gasteiger partial charge in [0.15, 0.2) is 0 Å². The Morgan fingerprint density at radius 1 is 1.58 bits per heavy atom. The molecule has 0 radical (unpaired) electrons. The number of sulfonamides is 1. The van der Waals surface area contributed by atoms with Crippen LogP contribution in [0.3, 0.4) is 0 Å². The van der Waals surface area contributed by atoms with E-state index in [9.17, 15) is 8.42 Å². The molecule has 1 saturated carbocycles. The number of ether oxygens (including phenoxy) is 1. The second kappa shape index (κ2) is 6.22. The molecule has 1 unspecified atom stereocenters. The summed E-state index contributed by atoms with van der Waals surface area (Å²) < 4.78 is 33.2. The summed E-state index contributed by atoms with van der Waals surface area (Å²) in [7, 11) is -1.85. The fourth-order valence-corrected chi connectivity index (χ4v) is 6.21. The maximum Gasteiger partial charge on any atom is 0.254 e. The number of halogens is 1. The molecule has 19 heavy (non-hydrogen) atoms. The molecule has 1 aliphatic carbocycles. The maximum atomic E-state index is 12.7. The van der Waals surface area contributed by atoms with E-state index in [-0.39, 0.29) is 6.04 Å². The van der Waals surface area contributed by atoms with Gasteiger partial charge in [-0.3, -0.25) is 0 Å². The van der Waals surface area contributed by atoms with Gasteiger partial charge in [-0.1, -0.05) is 0 Å². The van der Waals surface area contributed by atoms with Crippen molar-refractivity contribution in [3.63, 3.8) is 0 Å². The standard InChI is InChI=1S/C12H18BrNO3S2/c1-9(10-3-4-10)14(6-7-17-2)19(15,16)12-11(13)5-8-18-12/h5,8-10H,3-4,6-7H2,1-2H3. The minimum absolute atomic E-state index is 0.0362. The van der Waals surface area contributed by atoms with E-state index in [1.54, 1.807) is 22.9 Å². The zero-order chi connectivity index (χ0) is 14.0. The van der Waals surface area contributed by atoms with E-state index < -0.39 is 10.0 Å². The van der Waals surface area contributed by atoms with Crippen LogP contribution in [0.1, 0.15) is 19.8 Å². The predicted molar refractivity (Wildman–Crippen MR) is 80.0 cm³/mol. The molecule has 0 N–H and O–H groups in total. The molecule has 1 aromatic rings. The number of hydrogen-bond donors (Lipinski definition) is 0. The van der Waals surface area contributed by atoms with Crippen molar-refractivity contribution in [1.82, 2.24) is 4.31 Å². The smallest absolute Gasteiger partial charge is 0.254 e. The van der Waals surface area contributed by atoms with Gasteiger partial charge in [0.1, 0.15) is 4.21 Å². The average Bonchev–Trinajstić information content (AvgIpc) is 3.11. The Balaban J connectivity index is 2.28. The van der Waals surface area contributed by atoms with Crippen LogP contribution in [0.4, 0.5) is 0 Å². The minimum Gasteiger partial charge on any atom is -0.383 e. The molecule has 2 rings (SSSR count). The number of nitrogens with zero attached hydrogens (tertiary/aromatic N) is 1. The van der Waals surface area contributed by atoms with Gasteiger partial charge < -0.3 is 4.74 Å². The Morgan fingerprint density at radius 3 is 2.74 bits per heavy atom. The van der Waals surface area contributed by atoms with Crippen molar-refractivity contribution in [1.29, 1.82) is 0 Å². The minimum atomic E-state index is -3.44. The van der Waals surface area contributed by atoms with E-state index in [1.165, 1.54) is 11.3 Å². The predicted octanol–water partition coefficient (Wildman–Crippen LogP) is 2.95. The van der Waals surface area contributed by atoms with Gasteiger partial charge >= 0.3 is 0 Å². The molecule has 0 spiro atoms. The first-order valence-corrected chi connectivity index (χ1v) is 9.33. The Hall–Kier alpha value is 0.0500. The Morgan fingerprint density at radius 2 is 2.26 bits per heavy atom. The third-order valence-corrected chi connectivity index (χ3v) is 8.04. The number of rotatable bonds is 7. The SMILES string of the molecule is COCCN(C(C)C1CC1)S(=O)(=O)c1sccc1Br. The molecule has 0 saturated heterocycles. The van der Waals surface area contributed by atoms with E-state index in [1.807, 2.05) is 6.92 Å². The largest absolute Gasteiger partial charge is 0.383 e. The summed E-state index contributed by atoms with van der Waals surface area (Å²) in [6.07, 6.45) is 2.23. The fraction of sp³-hybridized carbons (Fsp3) is 0.667. The number of methoxy groups -OCH3 is 1. The molecule has 1 fully saturated rings.